The van der Waals surface area contributed by atoms with Crippen LogP contribution in [-0.2, 0) is 4.74 Å². The van der Waals surface area contributed by atoms with E-state index in [1.54, 1.807) is 7.11 Å². The van der Waals surface area contributed by atoms with Gasteiger partial charge in [-0.25, -0.2) is 0 Å². The molecule has 1 aliphatic carbocycles. The molecule has 0 aromatic carbocycles. The molecule has 2 nitrogen and oxygen atoms in total. The Bertz CT molecular complexity index is 173. The van der Waals surface area contributed by atoms with E-state index in [2.05, 4.69) is 13.8 Å². The van der Waals surface area contributed by atoms with E-state index in [0.717, 1.165) is 18.9 Å². The first-order valence-electron chi connectivity index (χ1n) is 6.40. The number of rotatable bonds is 5. The van der Waals surface area contributed by atoms with Crippen LogP contribution in [0.5, 0.6) is 0 Å². The van der Waals surface area contributed by atoms with E-state index in [1.807, 2.05) is 0 Å². The first-order chi connectivity index (χ1) is 7.12. The first-order valence-corrected chi connectivity index (χ1v) is 6.40. The molecule has 15 heavy (non-hydrogen) atoms. The molecule has 0 saturated heterocycles. The molecule has 0 aromatic rings. The Hall–Kier alpha value is -0.0800. The minimum Gasteiger partial charge on any atom is -0.385 e. The molecule has 2 heteroatoms. The Morgan fingerprint density at radius 2 is 2.00 bits per heavy atom. The summed E-state index contributed by atoms with van der Waals surface area (Å²) in [5, 5.41) is 0. The second kappa shape index (κ2) is 5.86. The molecule has 1 fully saturated rings. The molecule has 0 heterocycles. The van der Waals surface area contributed by atoms with E-state index in [9.17, 15) is 0 Å². The van der Waals surface area contributed by atoms with Crippen molar-refractivity contribution in [3.8, 4) is 0 Å². The maximum atomic E-state index is 6.50. The van der Waals surface area contributed by atoms with Crippen molar-refractivity contribution in [2.24, 2.45) is 17.6 Å². The molecule has 0 spiro atoms. The lowest BCUT2D eigenvalue weighted by molar-refractivity contribution is 0.122. The molecule has 1 rings (SSSR count). The van der Waals surface area contributed by atoms with Gasteiger partial charge in [0.05, 0.1) is 0 Å². The van der Waals surface area contributed by atoms with E-state index in [-0.39, 0.29) is 5.54 Å². The van der Waals surface area contributed by atoms with Crippen LogP contribution < -0.4 is 5.73 Å². The summed E-state index contributed by atoms with van der Waals surface area (Å²) < 4.78 is 5.14. The van der Waals surface area contributed by atoms with Crippen LogP contribution in [0.3, 0.4) is 0 Å². The molecule has 0 bridgehead atoms. The Morgan fingerprint density at radius 3 is 2.47 bits per heavy atom. The van der Waals surface area contributed by atoms with Gasteiger partial charge >= 0.3 is 0 Å². The molecule has 0 aliphatic heterocycles. The minimum absolute atomic E-state index is 0.0875. The van der Waals surface area contributed by atoms with Crippen LogP contribution in [0.1, 0.15) is 52.4 Å². The summed E-state index contributed by atoms with van der Waals surface area (Å²) in [4.78, 5) is 0. The Balaban J connectivity index is 2.39. The summed E-state index contributed by atoms with van der Waals surface area (Å²) in [6, 6.07) is 0. The number of ether oxygens (including phenoxy) is 1. The smallest absolute Gasteiger partial charge is 0.0465 e. The number of hydrogen-bond acceptors (Lipinski definition) is 2. The fraction of sp³-hybridized carbons (Fsp3) is 1.00. The van der Waals surface area contributed by atoms with E-state index in [0.29, 0.717) is 5.92 Å². The lowest BCUT2D eigenvalue weighted by Crippen LogP contribution is -2.49. The second-order valence-corrected chi connectivity index (χ2v) is 5.27. The summed E-state index contributed by atoms with van der Waals surface area (Å²) in [5.41, 5.74) is 6.59. The van der Waals surface area contributed by atoms with E-state index in [4.69, 9.17) is 10.5 Å². The molecule has 1 saturated carbocycles. The van der Waals surface area contributed by atoms with Gasteiger partial charge in [-0.3, -0.25) is 0 Å². The molecular weight excluding hydrogens is 186 g/mol. The van der Waals surface area contributed by atoms with Crippen molar-refractivity contribution in [3.63, 3.8) is 0 Å². The molecule has 1 aliphatic rings. The highest BCUT2D eigenvalue weighted by molar-refractivity contribution is 4.93. The van der Waals surface area contributed by atoms with Crippen LogP contribution in [-0.4, -0.2) is 19.3 Å². The average molecular weight is 213 g/mol. The Kier molecular flexibility index (Phi) is 5.07. The average Bonchev–Trinajstić information content (AvgIpc) is 2.27. The quantitative estimate of drug-likeness (QED) is 0.762. The largest absolute Gasteiger partial charge is 0.385 e. The van der Waals surface area contributed by atoms with E-state index < -0.39 is 0 Å². The van der Waals surface area contributed by atoms with Gasteiger partial charge < -0.3 is 10.5 Å². The standard InChI is InChI=1S/C13H27NO/c1-4-12-5-8-13(14,9-6-12)11(2)7-10-15-3/h11-12H,4-10,14H2,1-3H3. The number of hydrogen-bond donors (Lipinski definition) is 1. The van der Waals surface area contributed by atoms with Crippen molar-refractivity contribution in [1.82, 2.24) is 0 Å². The normalized spacial score (nSPS) is 34.0. The number of methoxy groups -OCH3 is 1. The van der Waals surface area contributed by atoms with E-state index in [1.165, 1.54) is 32.1 Å². The summed E-state index contributed by atoms with van der Waals surface area (Å²) in [6.45, 7) is 5.42. The lowest BCUT2D eigenvalue weighted by Gasteiger charge is -2.41. The zero-order chi connectivity index (χ0) is 11.3. The van der Waals surface area contributed by atoms with Gasteiger partial charge in [-0.1, -0.05) is 20.3 Å². The third kappa shape index (κ3) is 3.46. The van der Waals surface area contributed by atoms with Crippen LogP contribution in [0, 0.1) is 11.8 Å². The molecule has 0 aromatic heterocycles. The third-order valence-corrected chi connectivity index (χ3v) is 4.35. The summed E-state index contributed by atoms with van der Waals surface area (Å²) >= 11 is 0. The van der Waals surface area contributed by atoms with Gasteiger partial charge in [0.2, 0.25) is 0 Å². The van der Waals surface area contributed by atoms with Crippen LogP contribution >= 0.6 is 0 Å². The van der Waals surface area contributed by atoms with Gasteiger partial charge in [-0.15, -0.1) is 0 Å². The maximum Gasteiger partial charge on any atom is 0.0465 e. The van der Waals surface area contributed by atoms with Crippen LogP contribution in [0.25, 0.3) is 0 Å². The van der Waals surface area contributed by atoms with Gasteiger partial charge in [0, 0.05) is 19.3 Å². The predicted molar refractivity (Wildman–Crippen MR) is 64.8 cm³/mol. The SMILES string of the molecule is CCC1CCC(N)(C(C)CCOC)CC1. The van der Waals surface area contributed by atoms with Crippen LogP contribution in [0.2, 0.25) is 0 Å². The summed E-state index contributed by atoms with van der Waals surface area (Å²) in [7, 11) is 1.77. The van der Waals surface area contributed by atoms with Crippen molar-refractivity contribution in [1.29, 1.82) is 0 Å². The Labute approximate surface area is 94.6 Å². The van der Waals surface area contributed by atoms with Crippen molar-refractivity contribution in [3.05, 3.63) is 0 Å². The highest BCUT2D eigenvalue weighted by Gasteiger charge is 2.35. The fourth-order valence-electron chi connectivity index (χ4n) is 2.70. The summed E-state index contributed by atoms with van der Waals surface area (Å²) in [5.74, 6) is 1.52. The highest BCUT2D eigenvalue weighted by atomic mass is 16.5. The number of nitrogens with two attached hydrogens (primary N) is 1. The topological polar surface area (TPSA) is 35.2 Å². The maximum absolute atomic E-state index is 6.50. The molecule has 0 amide bonds. The molecule has 0 radical (unpaired) electrons. The lowest BCUT2D eigenvalue weighted by atomic mass is 9.69. The predicted octanol–water partition coefficient (Wildman–Crippen LogP) is 2.96. The third-order valence-electron chi connectivity index (χ3n) is 4.35. The Morgan fingerprint density at radius 1 is 1.40 bits per heavy atom. The van der Waals surface area contributed by atoms with Crippen LogP contribution in [0.15, 0.2) is 0 Å². The van der Waals surface area contributed by atoms with Gasteiger partial charge in [0.1, 0.15) is 0 Å². The van der Waals surface area contributed by atoms with Gasteiger partial charge in [-0.05, 0) is 43.9 Å². The van der Waals surface area contributed by atoms with Gasteiger partial charge in [0.15, 0.2) is 0 Å². The second-order valence-electron chi connectivity index (χ2n) is 5.27. The molecule has 1 atom stereocenters. The molecule has 2 N–H and O–H groups in total. The van der Waals surface area contributed by atoms with Crippen LogP contribution in [0.4, 0.5) is 0 Å². The van der Waals surface area contributed by atoms with Gasteiger partial charge in [-0.2, -0.15) is 0 Å². The highest BCUT2D eigenvalue weighted by Crippen LogP contribution is 2.37. The van der Waals surface area contributed by atoms with Crippen molar-refractivity contribution < 1.29 is 4.74 Å². The fourth-order valence-corrected chi connectivity index (χ4v) is 2.70. The van der Waals surface area contributed by atoms with Crippen molar-refractivity contribution in [2.75, 3.05) is 13.7 Å². The molecule has 90 valence electrons. The van der Waals surface area contributed by atoms with Gasteiger partial charge in [0.25, 0.3) is 0 Å². The first kappa shape index (κ1) is 13.0. The molecule has 1 unspecified atom stereocenters. The van der Waals surface area contributed by atoms with E-state index >= 15 is 0 Å². The molecular formula is C13H27NO. The van der Waals surface area contributed by atoms with Crippen molar-refractivity contribution in [2.45, 2.75) is 57.9 Å². The minimum atomic E-state index is 0.0875. The zero-order valence-electron chi connectivity index (χ0n) is 10.6. The zero-order valence-corrected chi connectivity index (χ0v) is 10.6. The summed E-state index contributed by atoms with van der Waals surface area (Å²) in [6.07, 6.45) is 7.48. The van der Waals surface area contributed by atoms with Crippen molar-refractivity contribution >= 4 is 0 Å². The monoisotopic (exact) mass is 213 g/mol.